The highest BCUT2D eigenvalue weighted by Gasteiger charge is 2.41. The van der Waals surface area contributed by atoms with Crippen LogP contribution in [0.4, 0.5) is 0 Å². The van der Waals surface area contributed by atoms with Gasteiger partial charge in [-0.3, -0.25) is 63.6 Å². The van der Waals surface area contributed by atoms with Crippen molar-refractivity contribution >= 4 is 110 Å². The molecule has 1 aromatic heterocycles. The Kier molecular flexibility index (Phi) is 30.3. The van der Waals surface area contributed by atoms with Gasteiger partial charge in [-0.1, -0.05) is 110 Å². The molecule has 22 N–H and O–H groups in total. The van der Waals surface area contributed by atoms with Crippen LogP contribution in [0.2, 0.25) is 5.02 Å². The van der Waals surface area contributed by atoms with Crippen molar-refractivity contribution in [2.75, 3.05) is 26.2 Å². The Bertz CT molecular complexity index is 4080. The summed E-state index contributed by atoms with van der Waals surface area (Å²) in [6, 6.07) is 18.5. The number of phenolic OH excluding ortho intramolecular Hbond substituents is 1. The highest BCUT2D eigenvalue weighted by molar-refractivity contribution is 6.30. The number of rotatable bonds is 38. The lowest BCUT2D eigenvalue weighted by atomic mass is 9.99. The minimum absolute atomic E-state index is 0.0162. The number of nitrogens with zero attached hydrogens (tertiary/aromatic N) is 1. The zero-order valence-electron chi connectivity index (χ0n) is 58.9. The number of benzene rings is 5. The molecule has 1 fully saturated rings. The molecular weight excluding hydrogens is 1370 g/mol. The second kappa shape index (κ2) is 39.3. The van der Waals surface area contributed by atoms with Gasteiger partial charge in [0.1, 0.15) is 66.2 Å². The van der Waals surface area contributed by atoms with Crippen LogP contribution >= 0.6 is 11.6 Å². The smallest absolute Gasteiger partial charge is 0.245 e. The van der Waals surface area contributed by atoms with Crippen molar-refractivity contribution < 1.29 is 63.0 Å². The normalized spacial score (nSPS) is 15.2. The van der Waals surface area contributed by atoms with Gasteiger partial charge in [0.15, 0.2) is 11.9 Å². The molecule has 31 nitrogen and oxygen atoms in total. The minimum Gasteiger partial charge on any atom is -0.508 e. The topological polar surface area (TPSA) is 505 Å². The number of carbonyl (C=O) groups excluding carboxylic acids is 11. The van der Waals surface area contributed by atoms with Gasteiger partial charge >= 0.3 is 0 Å². The molecule has 1 saturated heterocycles. The Hall–Kier alpha value is -11.3. The van der Waals surface area contributed by atoms with Crippen molar-refractivity contribution in [3.63, 3.8) is 0 Å². The number of H-pyrrole nitrogens is 1. The molecule has 1 aliphatic rings. The number of likely N-dealkylation sites (tertiary alicyclic amines) is 1. The number of guanidine groups is 2. The van der Waals surface area contributed by atoms with Gasteiger partial charge in [-0.15, -0.1) is 0 Å². The number of primary amides is 1. The summed E-state index contributed by atoms with van der Waals surface area (Å²) in [5.41, 5.74) is 19.4. The molecule has 2 heterocycles. The SMILES string of the molecule is CC(=O)N[C@H](Cc1ccc2ccccc2c1)C(=O)N[C@H](Cc1ccc(Cl)cc1)C(=O)N[C@H](Cc1c[nH]c2ccccc12)C(=O)N[C@@H](CO)C(=O)N[C@@H](Cc1ccc(O)cc1)C(=O)N[C@H](CCCNC(=N)N)C(=O)N[C@@H](CCCNC(=N)N)C(=O)N[C@@H](CC(C)C)C(=O)N1CCC[C@H]1C(=O)N[C@H](C)C(N)=O. The number of nitrogens with one attached hydrogen (secondary N) is 14. The molecule has 562 valence electrons. The van der Waals surface area contributed by atoms with Gasteiger partial charge in [0.2, 0.25) is 65.0 Å². The van der Waals surface area contributed by atoms with Crippen LogP contribution in [0.1, 0.15) is 94.9 Å². The average molecular weight is 1470 g/mol. The van der Waals surface area contributed by atoms with Crippen LogP contribution in [0.3, 0.4) is 0 Å². The maximum absolute atomic E-state index is 15.0. The van der Waals surface area contributed by atoms with E-state index in [1.54, 1.807) is 54.7 Å². The van der Waals surface area contributed by atoms with Gasteiger partial charge in [0.25, 0.3) is 0 Å². The van der Waals surface area contributed by atoms with Crippen molar-refractivity contribution in [3.8, 4) is 5.75 Å². The Morgan fingerprint density at radius 1 is 0.552 bits per heavy atom. The van der Waals surface area contributed by atoms with E-state index in [9.17, 15) is 53.4 Å². The lowest BCUT2D eigenvalue weighted by Crippen LogP contribution is -2.61. The van der Waals surface area contributed by atoms with Crippen LogP contribution in [0.5, 0.6) is 5.75 Å². The number of carbonyl (C=O) groups is 11. The van der Waals surface area contributed by atoms with Crippen LogP contribution < -0.4 is 75.7 Å². The van der Waals surface area contributed by atoms with Crippen molar-refractivity contribution in [3.05, 3.63) is 149 Å². The molecule has 0 bridgehead atoms. The lowest BCUT2D eigenvalue weighted by Gasteiger charge is -2.31. The number of aromatic nitrogens is 1. The number of aromatic amines is 1. The molecule has 32 heteroatoms. The van der Waals surface area contributed by atoms with E-state index in [0.717, 1.165) is 10.8 Å². The van der Waals surface area contributed by atoms with Gasteiger partial charge in [-0.2, -0.15) is 0 Å². The van der Waals surface area contributed by atoms with E-state index in [2.05, 4.69) is 63.5 Å². The summed E-state index contributed by atoms with van der Waals surface area (Å²) >= 11 is 6.26. The van der Waals surface area contributed by atoms with Crippen LogP contribution in [-0.4, -0.2) is 184 Å². The standard InChI is InChI=1S/C73H95ClN18O13/c1-40(2)32-59(71(105)92-31-11-18-61(92)70(104)83-41(3)62(75)96)90-64(98)54(17-10-30-81-73(78)79)85-63(97)53(16-9-29-80-72(76)77)86-66(100)56(35-44-22-27-50(95)28-23-44)88-69(103)60(39-93)91-68(102)58(37-48-38-82-52-15-8-7-14-51(48)52)89-67(101)57(34-43-20-25-49(74)26-21-43)87-65(99)55(84-42(4)94)36-45-19-24-46-12-5-6-13-47(46)33-45/h5-8,12-15,19-28,33,38,40-41,53-61,82,93,95H,9-11,16-18,29-32,34-37,39H2,1-4H3,(H2,75,96)(H,83,104)(H,84,94)(H,85,97)(H,86,100)(H,87,99)(H,88,103)(H,89,101)(H,90,98)(H,91,102)(H4,76,77,80)(H4,78,79,81)/t41-,53-,54+,55-,56+,57-,58-,59+,60+,61+/m1/s1. The number of aliphatic hydroxyl groups excluding tert-OH is 1. The number of halogens is 1. The molecule has 10 atom stereocenters. The second-order valence-electron chi connectivity index (χ2n) is 26.4. The van der Waals surface area contributed by atoms with Crippen LogP contribution in [0.15, 0.2) is 121 Å². The number of fused-ring (bicyclic) bond motifs is 2. The Balaban J connectivity index is 1.15. The van der Waals surface area contributed by atoms with Crippen molar-refractivity contribution in [1.29, 1.82) is 10.8 Å². The molecule has 0 spiro atoms. The van der Waals surface area contributed by atoms with Crippen molar-refractivity contribution in [1.82, 2.24) is 68.4 Å². The van der Waals surface area contributed by atoms with E-state index >= 15 is 9.59 Å². The molecule has 105 heavy (non-hydrogen) atoms. The molecule has 0 saturated carbocycles. The zero-order chi connectivity index (χ0) is 76.4. The lowest BCUT2D eigenvalue weighted by molar-refractivity contribution is -0.142. The van der Waals surface area contributed by atoms with Crippen LogP contribution in [0, 0.1) is 16.7 Å². The van der Waals surface area contributed by atoms with E-state index in [1.807, 2.05) is 56.3 Å². The monoisotopic (exact) mass is 1470 g/mol. The molecule has 0 unspecified atom stereocenters. The van der Waals surface area contributed by atoms with Crippen molar-refractivity contribution in [2.45, 2.75) is 159 Å². The number of nitrogens with two attached hydrogens (primary N) is 3. The van der Waals surface area contributed by atoms with Gasteiger partial charge in [-0.05, 0) is 121 Å². The van der Waals surface area contributed by atoms with E-state index in [4.69, 9.17) is 39.6 Å². The Labute approximate surface area is 612 Å². The first-order chi connectivity index (χ1) is 50.0. The maximum atomic E-state index is 15.0. The summed E-state index contributed by atoms with van der Waals surface area (Å²) in [6.45, 7) is 5.43. The fraction of sp³-hybridized carbons (Fsp3) is 0.411. The summed E-state index contributed by atoms with van der Waals surface area (Å²) in [7, 11) is 0. The molecule has 11 amide bonds. The third-order valence-corrected chi connectivity index (χ3v) is 17.9. The number of phenols is 1. The Morgan fingerprint density at radius 2 is 1.01 bits per heavy atom. The first-order valence-corrected chi connectivity index (χ1v) is 35.0. The highest BCUT2D eigenvalue weighted by atomic mass is 35.5. The summed E-state index contributed by atoms with van der Waals surface area (Å²) in [5, 5.41) is 69.0. The summed E-state index contributed by atoms with van der Waals surface area (Å²) in [5.74, 6) is -10.1. The molecule has 6 aromatic rings. The number of aliphatic hydroxyl groups is 1. The molecular formula is C73H95ClN18O13. The molecule has 0 radical (unpaired) electrons. The summed E-state index contributed by atoms with van der Waals surface area (Å²) in [4.78, 5) is 161. The molecule has 5 aromatic carbocycles. The van der Waals surface area contributed by atoms with Gasteiger partial charge in [0, 0.05) is 74.4 Å². The zero-order valence-corrected chi connectivity index (χ0v) is 59.7. The van der Waals surface area contributed by atoms with Gasteiger partial charge < -0.3 is 95.8 Å². The molecule has 0 aliphatic carbocycles. The first kappa shape index (κ1) is 81.0. The third kappa shape index (κ3) is 25.0. The number of aromatic hydroxyl groups is 1. The van der Waals surface area contributed by atoms with Gasteiger partial charge in [0.05, 0.1) is 6.61 Å². The highest BCUT2D eigenvalue weighted by Crippen LogP contribution is 2.24. The number of para-hydroxylation sites is 1. The minimum atomic E-state index is -1.85. The van der Waals surface area contributed by atoms with E-state index < -0.39 is 138 Å². The first-order valence-electron chi connectivity index (χ1n) is 34.7. The third-order valence-electron chi connectivity index (χ3n) is 17.7. The average Bonchev–Trinajstić information content (AvgIpc) is 1.73. The number of hydrogen-bond acceptors (Lipinski definition) is 15. The Morgan fingerprint density at radius 3 is 1.54 bits per heavy atom. The van der Waals surface area contributed by atoms with Crippen molar-refractivity contribution in [2.24, 2.45) is 23.1 Å². The van der Waals surface area contributed by atoms with Gasteiger partial charge in [-0.25, -0.2) is 0 Å². The quantitative estimate of drug-likeness (QED) is 0.0142. The van der Waals surface area contributed by atoms with E-state index in [-0.39, 0.29) is 101 Å². The number of amides is 11. The fourth-order valence-electron chi connectivity index (χ4n) is 12.2. The van der Waals surface area contributed by atoms with Crippen LogP contribution in [0.25, 0.3) is 21.7 Å². The van der Waals surface area contributed by atoms with Crippen LogP contribution in [-0.2, 0) is 78.4 Å². The summed E-state index contributed by atoms with van der Waals surface area (Å²) < 4.78 is 0. The predicted molar refractivity (Wildman–Crippen MR) is 394 cm³/mol. The van der Waals surface area contributed by atoms with E-state index in [0.29, 0.717) is 44.6 Å². The molecule has 7 rings (SSSR count). The largest absolute Gasteiger partial charge is 0.508 e. The summed E-state index contributed by atoms with van der Waals surface area (Å²) in [6.07, 6.45) is 1.58. The number of hydrogen-bond donors (Lipinski definition) is 19. The fourth-order valence-corrected chi connectivity index (χ4v) is 12.3. The maximum Gasteiger partial charge on any atom is 0.245 e. The van der Waals surface area contributed by atoms with E-state index in [1.165, 1.54) is 43.0 Å². The predicted octanol–water partition coefficient (Wildman–Crippen LogP) is 0.395. The molecule has 1 aliphatic heterocycles. The second-order valence-corrected chi connectivity index (χ2v) is 26.9.